The van der Waals surface area contributed by atoms with E-state index in [1.165, 1.54) is 5.56 Å². The molecule has 1 fully saturated rings. The summed E-state index contributed by atoms with van der Waals surface area (Å²) in [5.74, 6) is 0.909. The number of hydrogen-bond acceptors (Lipinski definition) is 7. The maximum absolute atomic E-state index is 12.4. The molecular formula is C23H37IN4O4. The van der Waals surface area contributed by atoms with Gasteiger partial charge in [0.1, 0.15) is 5.60 Å². The van der Waals surface area contributed by atoms with E-state index < -0.39 is 5.60 Å². The van der Waals surface area contributed by atoms with Crippen molar-refractivity contribution in [3.05, 3.63) is 35.4 Å². The Bertz CT molecular complexity index is 769. The minimum atomic E-state index is -0.476. The Hall–Kier alpha value is -1.59. The normalized spacial score (nSPS) is 18.0. The number of ether oxygens (including phenoxy) is 3. The molecule has 3 rings (SSSR count). The summed E-state index contributed by atoms with van der Waals surface area (Å²) >= 11 is 0. The molecule has 8 nitrogen and oxygen atoms in total. The van der Waals surface area contributed by atoms with E-state index in [0.717, 1.165) is 18.1 Å². The molecule has 0 aromatic heterocycles. The molecule has 180 valence electrons. The van der Waals surface area contributed by atoms with Gasteiger partial charge in [0.25, 0.3) is 0 Å². The lowest BCUT2D eigenvalue weighted by molar-refractivity contribution is 0.0137. The Labute approximate surface area is 208 Å². The zero-order valence-corrected chi connectivity index (χ0v) is 22.0. The lowest BCUT2D eigenvalue weighted by atomic mass is 10.1. The van der Waals surface area contributed by atoms with Crippen LogP contribution >= 0.6 is 24.0 Å². The van der Waals surface area contributed by atoms with Crippen molar-refractivity contribution in [2.45, 2.75) is 52.5 Å². The number of benzene rings is 1. The summed E-state index contributed by atoms with van der Waals surface area (Å²) in [6, 6.07) is 8.58. The molecule has 1 unspecified atom stereocenters. The lowest BCUT2D eigenvalue weighted by Gasteiger charge is -2.39. The fourth-order valence-electron chi connectivity index (χ4n) is 3.69. The van der Waals surface area contributed by atoms with Gasteiger partial charge in [-0.3, -0.25) is 4.99 Å². The van der Waals surface area contributed by atoms with Gasteiger partial charge in [0.15, 0.2) is 5.96 Å². The number of hydrogen-bond donors (Lipinski definition) is 1. The highest BCUT2D eigenvalue weighted by Crippen LogP contribution is 2.19. The number of carbonyl (C=O) groups is 1. The van der Waals surface area contributed by atoms with Crippen molar-refractivity contribution in [1.82, 2.24) is 15.1 Å². The zero-order chi connectivity index (χ0) is 22.3. The monoisotopic (exact) mass is 560 g/mol. The smallest absolute Gasteiger partial charge is 0.410 e. The van der Waals surface area contributed by atoms with Crippen molar-refractivity contribution >= 4 is 36.0 Å². The summed E-state index contributed by atoms with van der Waals surface area (Å²) in [6.45, 7) is 13.6. The summed E-state index contributed by atoms with van der Waals surface area (Å²) in [6.07, 6.45) is -0.242. The fourth-order valence-corrected chi connectivity index (χ4v) is 3.69. The van der Waals surface area contributed by atoms with Crippen molar-refractivity contribution in [1.29, 1.82) is 0 Å². The maximum Gasteiger partial charge on any atom is 0.410 e. The molecule has 0 radical (unpaired) electrons. The molecule has 2 heterocycles. The van der Waals surface area contributed by atoms with Gasteiger partial charge in [0, 0.05) is 32.8 Å². The fraction of sp³-hybridized carbons (Fsp3) is 0.652. The topological polar surface area (TPSA) is 75.6 Å². The van der Waals surface area contributed by atoms with Crippen LogP contribution in [0.3, 0.4) is 0 Å². The summed E-state index contributed by atoms with van der Waals surface area (Å²) in [7, 11) is 0. The van der Waals surface area contributed by atoms with Crippen LogP contribution < -0.4 is 5.32 Å². The number of piperazine rings is 1. The number of halogens is 1. The quantitative estimate of drug-likeness (QED) is 0.389. The van der Waals surface area contributed by atoms with Gasteiger partial charge >= 0.3 is 6.09 Å². The number of guanidine groups is 1. The van der Waals surface area contributed by atoms with Gasteiger partial charge in [-0.05, 0) is 38.8 Å². The molecule has 1 N–H and O–H groups in total. The van der Waals surface area contributed by atoms with Gasteiger partial charge in [-0.15, -0.1) is 24.0 Å². The van der Waals surface area contributed by atoms with Crippen LogP contribution in [0.4, 0.5) is 4.79 Å². The molecule has 1 aromatic rings. The van der Waals surface area contributed by atoms with E-state index >= 15 is 0 Å². The van der Waals surface area contributed by atoms with E-state index in [9.17, 15) is 4.79 Å². The van der Waals surface area contributed by atoms with Gasteiger partial charge in [0.2, 0.25) is 0 Å². The van der Waals surface area contributed by atoms with Gasteiger partial charge < -0.3 is 29.3 Å². The Morgan fingerprint density at radius 3 is 2.69 bits per heavy atom. The summed E-state index contributed by atoms with van der Waals surface area (Å²) < 4.78 is 16.5. The SMILES string of the molecule is CCOCCOCc1cccc(CNC2=NCC3CN(C(=O)OC(C)(C)C)CCN23)c1.I. The van der Waals surface area contributed by atoms with Crippen LogP contribution in [0.5, 0.6) is 0 Å². The van der Waals surface area contributed by atoms with Gasteiger partial charge in [-0.1, -0.05) is 24.3 Å². The Balaban J connectivity index is 0.00000363. The number of nitrogens with zero attached hydrogens (tertiary/aromatic N) is 3. The highest BCUT2D eigenvalue weighted by molar-refractivity contribution is 14.0. The maximum atomic E-state index is 12.4. The number of aliphatic imine (C=N–C) groups is 1. The van der Waals surface area contributed by atoms with Crippen LogP contribution in [-0.4, -0.2) is 79.5 Å². The molecule has 32 heavy (non-hydrogen) atoms. The lowest BCUT2D eigenvalue weighted by Crippen LogP contribution is -2.57. The minimum absolute atomic E-state index is 0. The number of rotatable bonds is 8. The van der Waals surface area contributed by atoms with E-state index in [0.29, 0.717) is 52.6 Å². The van der Waals surface area contributed by atoms with Crippen LogP contribution in [0.25, 0.3) is 0 Å². The first-order valence-corrected chi connectivity index (χ1v) is 11.1. The van der Waals surface area contributed by atoms with Crippen molar-refractivity contribution in [2.24, 2.45) is 4.99 Å². The molecule has 0 bridgehead atoms. The first kappa shape index (κ1) is 26.7. The molecule has 2 aliphatic heterocycles. The second-order valence-electron chi connectivity index (χ2n) is 8.86. The Morgan fingerprint density at radius 2 is 1.94 bits per heavy atom. The van der Waals surface area contributed by atoms with Gasteiger partial charge in [-0.25, -0.2) is 4.79 Å². The molecule has 0 aliphatic carbocycles. The highest BCUT2D eigenvalue weighted by atomic mass is 127. The predicted octanol–water partition coefficient (Wildman–Crippen LogP) is 3.24. The molecule has 1 saturated heterocycles. The zero-order valence-electron chi connectivity index (χ0n) is 19.6. The number of amides is 1. The van der Waals surface area contributed by atoms with Crippen LogP contribution in [0.1, 0.15) is 38.8 Å². The van der Waals surface area contributed by atoms with Crippen LogP contribution in [0.2, 0.25) is 0 Å². The van der Waals surface area contributed by atoms with Crippen molar-refractivity contribution in [3.8, 4) is 0 Å². The average molecular weight is 560 g/mol. The number of nitrogens with one attached hydrogen (secondary N) is 1. The van der Waals surface area contributed by atoms with E-state index in [-0.39, 0.29) is 36.1 Å². The van der Waals surface area contributed by atoms with E-state index in [4.69, 9.17) is 14.2 Å². The Kier molecular flexibility index (Phi) is 10.5. The van der Waals surface area contributed by atoms with E-state index in [1.54, 1.807) is 4.90 Å². The first-order chi connectivity index (χ1) is 14.9. The number of carbonyl (C=O) groups excluding carboxylic acids is 1. The summed E-state index contributed by atoms with van der Waals surface area (Å²) in [4.78, 5) is 21.1. The van der Waals surface area contributed by atoms with Crippen LogP contribution in [0.15, 0.2) is 29.3 Å². The molecular weight excluding hydrogens is 523 g/mol. The summed E-state index contributed by atoms with van der Waals surface area (Å²) in [5, 5.41) is 3.47. The molecule has 1 aromatic carbocycles. The van der Waals surface area contributed by atoms with Crippen molar-refractivity contribution < 1.29 is 19.0 Å². The molecule has 9 heteroatoms. The van der Waals surface area contributed by atoms with Crippen LogP contribution in [-0.2, 0) is 27.4 Å². The van der Waals surface area contributed by atoms with Crippen molar-refractivity contribution in [3.63, 3.8) is 0 Å². The molecule has 1 atom stereocenters. The molecule has 0 saturated carbocycles. The second-order valence-corrected chi connectivity index (χ2v) is 8.86. The Morgan fingerprint density at radius 1 is 1.19 bits per heavy atom. The molecule has 2 aliphatic rings. The third kappa shape index (κ3) is 8.08. The average Bonchev–Trinajstić information content (AvgIpc) is 3.13. The predicted molar refractivity (Wildman–Crippen MR) is 135 cm³/mol. The summed E-state index contributed by atoms with van der Waals surface area (Å²) in [5.41, 5.74) is 1.85. The standard InChI is InChI=1S/C23H36N4O4.HI/c1-5-29-11-12-30-17-19-8-6-7-18(13-19)14-24-21-25-15-20-16-26(9-10-27(20)21)22(28)31-23(2,3)4;/h6-8,13,20H,5,9-12,14-17H2,1-4H3,(H,24,25);1H. The van der Waals surface area contributed by atoms with Crippen molar-refractivity contribution in [2.75, 3.05) is 46.0 Å². The van der Waals surface area contributed by atoms with E-state index in [1.807, 2.05) is 27.7 Å². The van der Waals surface area contributed by atoms with Gasteiger partial charge in [0.05, 0.1) is 32.4 Å². The third-order valence-electron chi connectivity index (χ3n) is 5.15. The largest absolute Gasteiger partial charge is 0.444 e. The second kappa shape index (κ2) is 12.6. The number of fused-ring (bicyclic) bond motifs is 1. The highest BCUT2D eigenvalue weighted by Gasteiger charge is 2.36. The van der Waals surface area contributed by atoms with E-state index in [2.05, 4.69) is 39.5 Å². The molecule has 1 amide bonds. The third-order valence-corrected chi connectivity index (χ3v) is 5.15. The first-order valence-electron chi connectivity index (χ1n) is 11.1. The minimum Gasteiger partial charge on any atom is -0.444 e. The van der Waals surface area contributed by atoms with Crippen LogP contribution in [0, 0.1) is 0 Å². The molecule has 0 spiro atoms. The van der Waals surface area contributed by atoms with Gasteiger partial charge in [-0.2, -0.15) is 0 Å².